The van der Waals surface area contributed by atoms with E-state index in [0.717, 1.165) is 56.7 Å². The molecule has 1 aliphatic heterocycles. The van der Waals surface area contributed by atoms with E-state index >= 15 is 0 Å². The number of piperazine rings is 1. The highest BCUT2D eigenvalue weighted by Gasteiger charge is 2.19. The van der Waals surface area contributed by atoms with E-state index in [-0.39, 0.29) is 5.95 Å². The molecule has 13 heteroatoms. The molecule has 0 atom stereocenters. The maximum atomic E-state index is 6.15. The Kier molecular flexibility index (Phi) is 7.09. The van der Waals surface area contributed by atoms with Crippen molar-refractivity contribution in [3.63, 3.8) is 0 Å². The zero-order valence-electron chi connectivity index (χ0n) is 20.4. The molecule has 0 saturated carbocycles. The minimum absolute atomic E-state index is 0.260. The van der Waals surface area contributed by atoms with Crippen molar-refractivity contribution in [2.45, 2.75) is 0 Å². The number of oxazole rings is 1. The van der Waals surface area contributed by atoms with Gasteiger partial charge in [-0.1, -0.05) is 0 Å². The molecule has 0 radical (unpaired) electrons. The van der Waals surface area contributed by atoms with Crippen LogP contribution in [0.3, 0.4) is 0 Å². The molecule has 0 spiro atoms. The Balaban J connectivity index is 1.13. The van der Waals surface area contributed by atoms with Crippen molar-refractivity contribution in [1.29, 1.82) is 0 Å². The molecule has 1 fully saturated rings. The molecule has 4 aromatic rings. The summed E-state index contributed by atoms with van der Waals surface area (Å²) in [6.07, 6.45) is 4.80. The predicted octanol–water partition coefficient (Wildman–Crippen LogP) is 1.04. The SMILES string of the molecule is COCCOc1ccc(N2CCN(CCN(C)c3cc4nc(-c5ncco5)nn4c(N)n3)CC2)nc1. The van der Waals surface area contributed by atoms with Crippen molar-refractivity contribution in [2.24, 2.45) is 0 Å². The van der Waals surface area contributed by atoms with Gasteiger partial charge in [0.25, 0.3) is 5.89 Å². The fourth-order valence-corrected chi connectivity index (χ4v) is 4.01. The van der Waals surface area contributed by atoms with E-state index in [1.165, 1.54) is 10.8 Å². The Morgan fingerprint density at radius 1 is 1.11 bits per heavy atom. The van der Waals surface area contributed by atoms with Crippen LogP contribution in [0.5, 0.6) is 5.75 Å². The zero-order chi connectivity index (χ0) is 24.9. The van der Waals surface area contributed by atoms with E-state index < -0.39 is 0 Å². The Morgan fingerprint density at radius 3 is 2.69 bits per heavy atom. The van der Waals surface area contributed by atoms with Gasteiger partial charge in [-0.2, -0.15) is 9.50 Å². The van der Waals surface area contributed by atoms with Crippen LogP contribution in [0.2, 0.25) is 0 Å². The van der Waals surface area contributed by atoms with Crippen LogP contribution in [0.1, 0.15) is 0 Å². The van der Waals surface area contributed by atoms with E-state index in [0.29, 0.717) is 30.6 Å². The van der Waals surface area contributed by atoms with Crippen molar-refractivity contribution in [3.05, 3.63) is 36.9 Å². The van der Waals surface area contributed by atoms with Crippen LogP contribution < -0.4 is 20.3 Å². The average Bonchev–Trinajstić information content (AvgIpc) is 3.59. The van der Waals surface area contributed by atoms with Crippen LogP contribution in [-0.2, 0) is 4.74 Å². The molecular formula is C23H30N10O3. The molecule has 1 saturated heterocycles. The number of likely N-dealkylation sites (N-methyl/N-ethyl adjacent to an activating group) is 1. The Bertz CT molecular complexity index is 1250. The second-order valence-corrected chi connectivity index (χ2v) is 8.46. The monoisotopic (exact) mass is 494 g/mol. The van der Waals surface area contributed by atoms with Gasteiger partial charge in [-0.05, 0) is 12.1 Å². The van der Waals surface area contributed by atoms with Gasteiger partial charge in [-0.15, -0.1) is 5.10 Å². The minimum Gasteiger partial charge on any atom is -0.490 e. The smallest absolute Gasteiger partial charge is 0.266 e. The van der Waals surface area contributed by atoms with Crippen molar-refractivity contribution in [3.8, 4) is 17.5 Å². The molecule has 5 heterocycles. The largest absolute Gasteiger partial charge is 0.490 e. The van der Waals surface area contributed by atoms with Gasteiger partial charge in [-0.25, -0.2) is 15.0 Å². The third-order valence-corrected chi connectivity index (χ3v) is 6.08. The Morgan fingerprint density at radius 2 is 1.97 bits per heavy atom. The fourth-order valence-electron chi connectivity index (χ4n) is 4.01. The molecule has 5 rings (SSSR count). The lowest BCUT2D eigenvalue weighted by Crippen LogP contribution is -2.48. The molecule has 4 aromatic heterocycles. The van der Waals surface area contributed by atoms with Crippen LogP contribution in [0.4, 0.5) is 17.6 Å². The first-order valence-corrected chi connectivity index (χ1v) is 11.8. The molecular weight excluding hydrogens is 464 g/mol. The maximum Gasteiger partial charge on any atom is 0.266 e. The number of anilines is 3. The molecule has 0 unspecified atom stereocenters. The summed E-state index contributed by atoms with van der Waals surface area (Å²) in [5.74, 6) is 3.43. The van der Waals surface area contributed by atoms with Crippen LogP contribution in [0, 0.1) is 0 Å². The minimum atomic E-state index is 0.260. The number of hydrogen-bond donors (Lipinski definition) is 1. The van der Waals surface area contributed by atoms with Crippen molar-refractivity contribution >= 4 is 23.2 Å². The summed E-state index contributed by atoms with van der Waals surface area (Å²) in [7, 11) is 3.66. The molecule has 1 aliphatic rings. The summed E-state index contributed by atoms with van der Waals surface area (Å²) in [5.41, 5.74) is 6.74. The highest BCUT2D eigenvalue weighted by molar-refractivity contribution is 5.58. The van der Waals surface area contributed by atoms with Crippen molar-refractivity contribution in [1.82, 2.24) is 34.4 Å². The third kappa shape index (κ3) is 5.31. The molecule has 36 heavy (non-hydrogen) atoms. The number of fused-ring (bicyclic) bond motifs is 1. The van der Waals surface area contributed by atoms with Crippen LogP contribution in [0.15, 0.2) is 41.3 Å². The first-order chi connectivity index (χ1) is 17.6. The number of nitrogens with zero attached hydrogens (tertiary/aromatic N) is 9. The lowest BCUT2D eigenvalue weighted by molar-refractivity contribution is 0.146. The van der Waals surface area contributed by atoms with Gasteiger partial charge in [-0.3, -0.25) is 4.90 Å². The molecule has 2 N–H and O–H groups in total. The second kappa shape index (κ2) is 10.7. The fraction of sp³-hybridized carbons (Fsp3) is 0.435. The molecule has 0 amide bonds. The number of ether oxygens (including phenoxy) is 2. The summed E-state index contributed by atoms with van der Waals surface area (Å²) >= 11 is 0. The van der Waals surface area contributed by atoms with E-state index in [9.17, 15) is 0 Å². The summed E-state index contributed by atoms with van der Waals surface area (Å²) in [6, 6.07) is 5.83. The molecule has 0 aromatic carbocycles. The summed E-state index contributed by atoms with van der Waals surface area (Å²) in [4.78, 5) is 24.5. The molecule has 190 valence electrons. The normalized spacial score (nSPS) is 14.4. The summed E-state index contributed by atoms with van der Waals surface area (Å²) in [5, 5.41) is 4.34. The number of rotatable bonds is 10. The zero-order valence-corrected chi connectivity index (χ0v) is 20.4. The van der Waals surface area contributed by atoms with Gasteiger partial charge >= 0.3 is 0 Å². The standard InChI is InChI=1S/C23H30N10O3/c1-30(19-15-20-27-21(22-25-5-12-36-22)29-33(20)23(24)28-19)6-7-31-8-10-32(11-9-31)18-4-3-17(16-26-18)35-14-13-34-2/h3-5,12,15-16H,6-11,13-14H2,1-2H3,(H2,24,28). The van der Waals surface area contributed by atoms with Gasteiger partial charge in [0, 0.05) is 59.5 Å². The van der Waals surface area contributed by atoms with Gasteiger partial charge in [0.2, 0.25) is 11.8 Å². The predicted molar refractivity (Wildman–Crippen MR) is 134 cm³/mol. The molecule has 13 nitrogen and oxygen atoms in total. The van der Waals surface area contributed by atoms with Crippen molar-refractivity contribution < 1.29 is 13.9 Å². The number of pyridine rings is 1. The average molecular weight is 495 g/mol. The Labute approximate surface area is 208 Å². The lowest BCUT2D eigenvalue weighted by Gasteiger charge is -2.36. The first kappa shape index (κ1) is 23.8. The number of hydrogen-bond acceptors (Lipinski definition) is 12. The van der Waals surface area contributed by atoms with Gasteiger partial charge in [0.05, 0.1) is 19.0 Å². The number of nitrogen functional groups attached to an aromatic ring is 1. The van der Waals surface area contributed by atoms with E-state index in [1.807, 2.05) is 25.2 Å². The van der Waals surface area contributed by atoms with Gasteiger partial charge in [0.1, 0.15) is 30.3 Å². The number of aromatic nitrogens is 6. The third-order valence-electron chi connectivity index (χ3n) is 6.08. The number of methoxy groups -OCH3 is 1. The van der Waals surface area contributed by atoms with Crippen LogP contribution >= 0.6 is 0 Å². The quantitative estimate of drug-likeness (QED) is 0.315. The van der Waals surface area contributed by atoms with E-state index in [1.54, 1.807) is 19.5 Å². The Hall–Kier alpha value is -3.97. The van der Waals surface area contributed by atoms with Crippen molar-refractivity contribution in [2.75, 3.05) is 82.2 Å². The lowest BCUT2D eigenvalue weighted by atomic mass is 10.3. The second-order valence-electron chi connectivity index (χ2n) is 8.46. The van der Waals surface area contributed by atoms with E-state index in [2.05, 4.69) is 39.7 Å². The van der Waals surface area contributed by atoms with Crippen LogP contribution in [0.25, 0.3) is 17.4 Å². The summed E-state index contributed by atoms with van der Waals surface area (Å²) in [6.45, 7) is 6.53. The topological polar surface area (TPSA) is 136 Å². The first-order valence-electron chi connectivity index (χ1n) is 11.8. The molecule has 0 aliphatic carbocycles. The summed E-state index contributed by atoms with van der Waals surface area (Å²) < 4.78 is 17.4. The maximum absolute atomic E-state index is 6.15. The number of nitrogens with two attached hydrogens (primary N) is 1. The highest BCUT2D eigenvalue weighted by atomic mass is 16.5. The van der Waals surface area contributed by atoms with Crippen LogP contribution in [-0.4, -0.2) is 101 Å². The van der Waals surface area contributed by atoms with Gasteiger partial charge in [0.15, 0.2) is 5.65 Å². The van der Waals surface area contributed by atoms with E-state index in [4.69, 9.17) is 19.6 Å². The van der Waals surface area contributed by atoms with Gasteiger partial charge < -0.3 is 29.4 Å². The molecule has 0 bridgehead atoms. The highest BCUT2D eigenvalue weighted by Crippen LogP contribution is 2.20.